The summed E-state index contributed by atoms with van der Waals surface area (Å²) < 4.78 is 15.9. The minimum Gasteiger partial charge on any atom is -0.497 e. The van der Waals surface area contributed by atoms with Gasteiger partial charge in [-0.25, -0.2) is 0 Å². The molecule has 1 saturated heterocycles. The molecule has 0 aliphatic carbocycles. The first-order valence-corrected chi connectivity index (χ1v) is 9.14. The van der Waals surface area contributed by atoms with Gasteiger partial charge in [0.25, 0.3) is 11.8 Å². The van der Waals surface area contributed by atoms with Crippen molar-refractivity contribution >= 4 is 17.5 Å². The zero-order valence-corrected chi connectivity index (χ0v) is 16.0. The van der Waals surface area contributed by atoms with Crippen LogP contribution in [0.1, 0.15) is 33.6 Å². The fourth-order valence-electron chi connectivity index (χ4n) is 2.98. The molecule has 1 atom stereocenters. The molecule has 28 heavy (non-hydrogen) atoms. The van der Waals surface area contributed by atoms with Crippen molar-refractivity contribution < 1.29 is 23.8 Å². The molecule has 0 radical (unpaired) electrons. The maximum Gasteiger partial charge on any atom is 0.255 e. The Hall–Kier alpha value is -3.06. The van der Waals surface area contributed by atoms with Crippen molar-refractivity contribution in [2.24, 2.45) is 0 Å². The number of hydrogen-bond donors (Lipinski definition) is 2. The van der Waals surface area contributed by atoms with E-state index in [-0.39, 0.29) is 17.9 Å². The van der Waals surface area contributed by atoms with Crippen molar-refractivity contribution in [1.82, 2.24) is 5.32 Å². The molecular formula is C21H24N2O5. The summed E-state index contributed by atoms with van der Waals surface area (Å²) in [7, 11) is 3.08. The summed E-state index contributed by atoms with van der Waals surface area (Å²) in [6, 6.07) is 11.6. The lowest BCUT2D eigenvalue weighted by Crippen LogP contribution is -2.31. The van der Waals surface area contributed by atoms with Crippen LogP contribution in [0.2, 0.25) is 0 Å². The third kappa shape index (κ3) is 4.80. The topological polar surface area (TPSA) is 85.9 Å². The van der Waals surface area contributed by atoms with Crippen LogP contribution in [-0.4, -0.2) is 45.3 Å². The molecule has 2 N–H and O–H groups in total. The Bertz CT molecular complexity index is 829. The van der Waals surface area contributed by atoms with Crippen molar-refractivity contribution in [3.63, 3.8) is 0 Å². The van der Waals surface area contributed by atoms with E-state index in [2.05, 4.69) is 10.6 Å². The Labute approximate surface area is 164 Å². The Morgan fingerprint density at radius 1 is 1.04 bits per heavy atom. The van der Waals surface area contributed by atoms with Gasteiger partial charge in [0.15, 0.2) is 0 Å². The van der Waals surface area contributed by atoms with Gasteiger partial charge in [0.2, 0.25) is 0 Å². The molecule has 0 bridgehead atoms. The average Bonchev–Trinajstić information content (AvgIpc) is 3.26. The molecule has 1 heterocycles. The summed E-state index contributed by atoms with van der Waals surface area (Å²) in [5.41, 5.74) is 1.47. The van der Waals surface area contributed by atoms with Crippen molar-refractivity contribution in [3.8, 4) is 11.5 Å². The molecule has 0 saturated carbocycles. The van der Waals surface area contributed by atoms with Gasteiger partial charge < -0.3 is 24.8 Å². The van der Waals surface area contributed by atoms with Crippen LogP contribution < -0.4 is 20.1 Å². The summed E-state index contributed by atoms with van der Waals surface area (Å²) >= 11 is 0. The van der Waals surface area contributed by atoms with Crippen molar-refractivity contribution in [2.45, 2.75) is 18.9 Å². The monoisotopic (exact) mass is 384 g/mol. The van der Waals surface area contributed by atoms with Gasteiger partial charge in [0.05, 0.1) is 26.0 Å². The lowest BCUT2D eigenvalue weighted by Gasteiger charge is -2.12. The molecule has 1 aliphatic rings. The number of carbonyl (C=O) groups excluding carboxylic acids is 2. The van der Waals surface area contributed by atoms with E-state index in [1.807, 2.05) is 0 Å². The van der Waals surface area contributed by atoms with Gasteiger partial charge in [-0.1, -0.05) is 0 Å². The summed E-state index contributed by atoms with van der Waals surface area (Å²) in [5, 5.41) is 5.67. The van der Waals surface area contributed by atoms with Gasteiger partial charge >= 0.3 is 0 Å². The van der Waals surface area contributed by atoms with E-state index < -0.39 is 0 Å². The van der Waals surface area contributed by atoms with Gasteiger partial charge in [-0.05, 0) is 49.2 Å². The summed E-state index contributed by atoms with van der Waals surface area (Å²) in [6.07, 6.45) is 2.09. The molecule has 1 unspecified atom stereocenters. The predicted molar refractivity (Wildman–Crippen MR) is 105 cm³/mol. The zero-order valence-electron chi connectivity index (χ0n) is 16.0. The van der Waals surface area contributed by atoms with Crippen LogP contribution in [0.4, 0.5) is 5.69 Å². The molecule has 2 aromatic carbocycles. The maximum absolute atomic E-state index is 12.5. The molecule has 2 amide bonds. The fraction of sp³-hybridized carbons (Fsp3) is 0.333. The second-order valence-corrected chi connectivity index (χ2v) is 6.44. The number of rotatable bonds is 7. The molecule has 148 valence electrons. The Kier molecular flexibility index (Phi) is 6.49. The molecule has 7 heteroatoms. The molecule has 1 aliphatic heterocycles. The van der Waals surface area contributed by atoms with Gasteiger partial charge in [0, 0.05) is 30.3 Å². The Morgan fingerprint density at radius 3 is 2.36 bits per heavy atom. The second-order valence-electron chi connectivity index (χ2n) is 6.44. The standard InChI is InChI=1S/C21H24N2O5/c1-26-16-9-10-18(19(12-16)27-2)23-21(25)15-7-5-14(6-8-15)20(24)22-13-17-4-3-11-28-17/h5-10,12,17H,3-4,11,13H2,1-2H3,(H,22,24)(H,23,25). The highest BCUT2D eigenvalue weighted by atomic mass is 16.5. The smallest absolute Gasteiger partial charge is 0.255 e. The van der Waals surface area contributed by atoms with Gasteiger partial charge in [-0.3, -0.25) is 9.59 Å². The van der Waals surface area contributed by atoms with Crippen LogP contribution in [0.3, 0.4) is 0 Å². The quantitative estimate of drug-likeness (QED) is 0.767. The van der Waals surface area contributed by atoms with Crippen LogP contribution in [0.15, 0.2) is 42.5 Å². The normalized spacial score (nSPS) is 15.7. The molecule has 3 rings (SSSR count). The summed E-state index contributed by atoms with van der Waals surface area (Å²) in [5.74, 6) is 0.653. The summed E-state index contributed by atoms with van der Waals surface area (Å²) in [6.45, 7) is 1.25. The van der Waals surface area contributed by atoms with Crippen LogP contribution in [0.5, 0.6) is 11.5 Å². The number of amides is 2. The SMILES string of the molecule is COc1ccc(NC(=O)c2ccc(C(=O)NCC3CCCO3)cc2)c(OC)c1. The predicted octanol–water partition coefficient (Wildman–Crippen LogP) is 2.86. The number of anilines is 1. The average molecular weight is 384 g/mol. The maximum atomic E-state index is 12.5. The third-order valence-electron chi connectivity index (χ3n) is 4.58. The van der Waals surface area contributed by atoms with Crippen LogP contribution in [0.25, 0.3) is 0 Å². The lowest BCUT2D eigenvalue weighted by atomic mass is 10.1. The van der Waals surface area contributed by atoms with E-state index in [9.17, 15) is 9.59 Å². The molecule has 2 aromatic rings. The first-order valence-electron chi connectivity index (χ1n) is 9.14. The molecule has 0 spiro atoms. The Morgan fingerprint density at radius 2 is 1.75 bits per heavy atom. The number of hydrogen-bond acceptors (Lipinski definition) is 5. The largest absolute Gasteiger partial charge is 0.497 e. The van der Waals surface area contributed by atoms with Crippen LogP contribution in [0, 0.1) is 0 Å². The highest BCUT2D eigenvalue weighted by Crippen LogP contribution is 2.29. The van der Waals surface area contributed by atoms with Gasteiger partial charge in [-0.15, -0.1) is 0 Å². The number of methoxy groups -OCH3 is 2. The van der Waals surface area contributed by atoms with Crippen molar-refractivity contribution in [3.05, 3.63) is 53.6 Å². The van der Waals surface area contributed by atoms with E-state index >= 15 is 0 Å². The fourth-order valence-corrected chi connectivity index (χ4v) is 2.98. The molecule has 0 aromatic heterocycles. The molecule has 7 nitrogen and oxygen atoms in total. The Balaban J connectivity index is 1.61. The van der Waals surface area contributed by atoms with Crippen LogP contribution >= 0.6 is 0 Å². The van der Waals surface area contributed by atoms with Crippen molar-refractivity contribution in [2.75, 3.05) is 32.7 Å². The minimum atomic E-state index is -0.296. The van der Waals surface area contributed by atoms with Gasteiger partial charge in [-0.2, -0.15) is 0 Å². The first-order chi connectivity index (χ1) is 13.6. The van der Waals surface area contributed by atoms with Gasteiger partial charge in [0.1, 0.15) is 11.5 Å². The number of carbonyl (C=O) groups is 2. The number of ether oxygens (including phenoxy) is 3. The van der Waals surface area contributed by atoms with Crippen molar-refractivity contribution in [1.29, 1.82) is 0 Å². The van der Waals surface area contributed by atoms with Crippen LogP contribution in [-0.2, 0) is 4.74 Å². The summed E-state index contributed by atoms with van der Waals surface area (Å²) in [4.78, 5) is 24.7. The minimum absolute atomic E-state index is 0.0912. The first kappa shape index (κ1) is 19.7. The highest BCUT2D eigenvalue weighted by Gasteiger charge is 2.17. The highest BCUT2D eigenvalue weighted by molar-refractivity contribution is 6.05. The number of nitrogens with one attached hydrogen (secondary N) is 2. The van der Waals surface area contributed by atoms with E-state index in [4.69, 9.17) is 14.2 Å². The third-order valence-corrected chi connectivity index (χ3v) is 4.58. The van der Waals surface area contributed by atoms with E-state index in [0.29, 0.717) is 34.9 Å². The van der Waals surface area contributed by atoms with E-state index in [1.54, 1.807) is 49.6 Å². The number of benzene rings is 2. The lowest BCUT2D eigenvalue weighted by molar-refractivity contribution is 0.0857. The second kappa shape index (κ2) is 9.23. The van der Waals surface area contributed by atoms with E-state index in [1.165, 1.54) is 7.11 Å². The zero-order chi connectivity index (χ0) is 19.9. The molecular weight excluding hydrogens is 360 g/mol. The molecule has 1 fully saturated rings. The van der Waals surface area contributed by atoms with E-state index in [0.717, 1.165) is 19.4 Å².